The summed E-state index contributed by atoms with van der Waals surface area (Å²) in [6.45, 7) is 4.50. The normalized spacial score (nSPS) is 12.3. The van der Waals surface area contributed by atoms with Gasteiger partial charge in [-0.3, -0.25) is 0 Å². The lowest BCUT2D eigenvalue weighted by Gasteiger charge is -2.14. The average molecular weight is 244 g/mol. The molecule has 0 aliphatic carbocycles. The highest BCUT2D eigenvalue weighted by atomic mass is 35.5. The molecule has 0 amide bonds. The van der Waals surface area contributed by atoms with Crippen molar-refractivity contribution in [3.63, 3.8) is 0 Å². The Morgan fingerprint density at radius 1 is 1.38 bits per heavy atom. The first-order valence-corrected chi connectivity index (χ1v) is 5.71. The Kier molecular flexibility index (Phi) is 4.90. The van der Waals surface area contributed by atoms with Crippen molar-refractivity contribution in [3.8, 4) is 11.5 Å². The Bertz CT molecular complexity index is 353. The minimum absolute atomic E-state index is 0.0728. The number of hydrogen-bond acceptors (Lipinski definition) is 3. The van der Waals surface area contributed by atoms with E-state index in [0.29, 0.717) is 17.4 Å². The number of nitrogens with two attached hydrogens (primary N) is 1. The molecule has 0 aliphatic heterocycles. The summed E-state index contributed by atoms with van der Waals surface area (Å²) in [5.41, 5.74) is 6.80. The second-order valence-electron chi connectivity index (χ2n) is 3.71. The average Bonchev–Trinajstić information content (AvgIpc) is 2.21. The van der Waals surface area contributed by atoms with Gasteiger partial charge in [0, 0.05) is 12.1 Å². The molecule has 3 nitrogen and oxygen atoms in total. The fourth-order valence-corrected chi connectivity index (χ4v) is 1.79. The summed E-state index contributed by atoms with van der Waals surface area (Å²) >= 11 is 6.06. The zero-order valence-corrected chi connectivity index (χ0v) is 10.7. The molecule has 0 saturated heterocycles. The summed E-state index contributed by atoms with van der Waals surface area (Å²) in [5, 5.41) is 0.585. The lowest BCUT2D eigenvalue weighted by Crippen LogP contribution is -2.18. The van der Waals surface area contributed by atoms with Gasteiger partial charge in [0.15, 0.2) is 0 Å². The van der Waals surface area contributed by atoms with Gasteiger partial charge in [-0.2, -0.15) is 0 Å². The van der Waals surface area contributed by atoms with Gasteiger partial charge >= 0.3 is 0 Å². The first kappa shape index (κ1) is 13.1. The van der Waals surface area contributed by atoms with E-state index in [2.05, 4.69) is 0 Å². The van der Waals surface area contributed by atoms with Crippen LogP contribution in [0.3, 0.4) is 0 Å². The predicted molar refractivity (Wildman–Crippen MR) is 66.5 cm³/mol. The zero-order chi connectivity index (χ0) is 12.1. The minimum Gasteiger partial charge on any atom is -0.495 e. The Morgan fingerprint density at radius 2 is 2.06 bits per heavy atom. The van der Waals surface area contributed by atoms with E-state index in [1.807, 2.05) is 26.0 Å². The zero-order valence-electron chi connectivity index (χ0n) is 9.92. The second kappa shape index (κ2) is 5.97. The molecule has 16 heavy (non-hydrogen) atoms. The van der Waals surface area contributed by atoms with Crippen LogP contribution in [-0.4, -0.2) is 19.8 Å². The highest BCUT2D eigenvalue weighted by Crippen LogP contribution is 2.33. The predicted octanol–water partition coefficient (Wildman–Crippen LogP) is 2.64. The lowest BCUT2D eigenvalue weighted by atomic mass is 10.1. The van der Waals surface area contributed by atoms with Crippen LogP contribution in [0, 0.1) is 0 Å². The molecular weight excluding hydrogens is 226 g/mol. The molecule has 1 aromatic carbocycles. The quantitative estimate of drug-likeness (QED) is 0.865. The van der Waals surface area contributed by atoms with Gasteiger partial charge in [0.05, 0.1) is 18.7 Å². The van der Waals surface area contributed by atoms with Gasteiger partial charge in [-0.15, -0.1) is 0 Å². The Hall–Kier alpha value is -0.930. The highest BCUT2D eigenvalue weighted by molar-refractivity contribution is 6.32. The van der Waals surface area contributed by atoms with Gasteiger partial charge in [0.25, 0.3) is 0 Å². The summed E-state index contributed by atoms with van der Waals surface area (Å²) in [7, 11) is 1.59. The summed E-state index contributed by atoms with van der Waals surface area (Å²) in [6, 6.07) is 3.74. The van der Waals surface area contributed by atoms with Gasteiger partial charge in [-0.25, -0.2) is 0 Å². The molecule has 0 aromatic heterocycles. The third-order valence-corrected chi connectivity index (χ3v) is 2.47. The molecule has 0 fully saturated rings. The van der Waals surface area contributed by atoms with E-state index in [9.17, 15) is 0 Å². The van der Waals surface area contributed by atoms with Crippen molar-refractivity contribution in [1.82, 2.24) is 0 Å². The lowest BCUT2D eigenvalue weighted by molar-refractivity contribution is 0.332. The third kappa shape index (κ3) is 3.29. The van der Waals surface area contributed by atoms with Crippen molar-refractivity contribution in [2.24, 2.45) is 5.73 Å². The van der Waals surface area contributed by atoms with E-state index >= 15 is 0 Å². The molecule has 4 heteroatoms. The van der Waals surface area contributed by atoms with Gasteiger partial charge in [-0.1, -0.05) is 11.6 Å². The first-order valence-electron chi connectivity index (χ1n) is 5.33. The molecular formula is C12H18ClNO2. The summed E-state index contributed by atoms with van der Waals surface area (Å²) in [6.07, 6.45) is 0.735. The maximum Gasteiger partial charge on any atom is 0.141 e. The van der Waals surface area contributed by atoms with Crippen LogP contribution in [0.1, 0.15) is 19.4 Å². The Labute approximate surface area is 101 Å². The molecule has 1 rings (SSSR count). The maximum absolute atomic E-state index is 6.06. The first-order chi connectivity index (χ1) is 7.58. The summed E-state index contributed by atoms with van der Waals surface area (Å²) < 4.78 is 10.7. The van der Waals surface area contributed by atoms with Crippen LogP contribution < -0.4 is 15.2 Å². The molecule has 1 unspecified atom stereocenters. The number of benzene rings is 1. The van der Waals surface area contributed by atoms with Crippen LogP contribution in [0.25, 0.3) is 0 Å². The van der Waals surface area contributed by atoms with Gasteiger partial charge in [-0.05, 0) is 31.9 Å². The second-order valence-corrected chi connectivity index (χ2v) is 4.12. The third-order valence-electron chi connectivity index (χ3n) is 2.18. The minimum atomic E-state index is 0.0728. The summed E-state index contributed by atoms with van der Waals surface area (Å²) in [4.78, 5) is 0. The molecule has 90 valence electrons. The van der Waals surface area contributed by atoms with Crippen molar-refractivity contribution < 1.29 is 9.47 Å². The van der Waals surface area contributed by atoms with Crippen LogP contribution in [0.15, 0.2) is 12.1 Å². The molecule has 0 bridgehead atoms. The molecule has 0 saturated carbocycles. The van der Waals surface area contributed by atoms with E-state index in [1.54, 1.807) is 7.11 Å². The molecule has 1 atom stereocenters. The molecule has 0 spiro atoms. The van der Waals surface area contributed by atoms with E-state index < -0.39 is 0 Å². The van der Waals surface area contributed by atoms with E-state index in [4.69, 9.17) is 26.8 Å². The summed E-state index contributed by atoms with van der Waals surface area (Å²) in [5.74, 6) is 1.42. The van der Waals surface area contributed by atoms with Crippen LogP contribution in [0.5, 0.6) is 11.5 Å². The van der Waals surface area contributed by atoms with Crippen molar-refractivity contribution in [2.45, 2.75) is 26.3 Å². The van der Waals surface area contributed by atoms with Crippen LogP contribution in [-0.2, 0) is 6.42 Å². The fourth-order valence-electron chi connectivity index (χ4n) is 1.53. The number of ether oxygens (including phenoxy) is 2. The number of methoxy groups -OCH3 is 1. The van der Waals surface area contributed by atoms with Crippen LogP contribution in [0.2, 0.25) is 5.02 Å². The van der Waals surface area contributed by atoms with Crippen molar-refractivity contribution in [2.75, 3.05) is 13.7 Å². The molecule has 2 N–H and O–H groups in total. The van der Waals surface area contributed by atoms with E-state index in [1.165, 1.54) is 0 Å². The smallest absolute Gasteiger partial charge is 0.141 e. The van der Waals surface area contributed by atoms with Crippen molar-refractivity contribution in [1.29, 1.82) is 0 Å². The Balaban J connectivity index is 3.08. The fraction of sp³-hybridized carbons (Fsp3) is 0.500. The number of rotatable bonds is 5. The molecule has 0 aliphatic rings. The van der Waals surface area contributed by atoms with Crippen LogP contribution >= 0.6 is 11.6 Å². The number of hydrogen-bond donors (Lipinski definition) is 1. The van der Waals surface area contributed by atoms with Gasteiger partial charge in [0.1, 0.15) is 11.5 Å². The largest absolute Gasteiger partial charge is 0.495 e. The standard InChI is InChI=1S/C12H18ClNO2/c1-4-16-11-7-12(15-3)10(13)6-9(11)5-8(2)14/h6-8H,4-5,14H2,1-3H3. The SMILES string of the molecule is CCOc1cc(OC)c(Cl)cc1CC(C)N. The maximum atomic E-state index is 6.06. The van der Waals surface area contributed by atoms with E-state index in [0.717, 1.165) is 17.7 Å². The van der Waals surface area contributed by atoms with E-state index in [-0.39, 0.29) is 6.04 Å². The molecule has 1 aromatic rings. The topological polar surface area (TPSA) is 44.5 Å². The number of halogens is 1. The van der Waals surface area contributed by atoms with Gasteiger partial charge in [0.2, 0.25) is 0 Å². The van der Waals surface area contributed by atoms with Gasteiger partial charge < -0.3 is 15.2 Å². The van der Waals surface area contributed by atoms with Crippen molar-refractivity contribution >= 4 is 11.6 Å². The molecule has 0 heterocycles. The van der Waals surface area contributed by atoms with Crippen LogP contribution in [0.4, 0.5) is 0 Å². The highest BCUT2D eigenvalue weighted by Gasteiger charge is 2.11. The van der Waals surface area contributed by atoms with Crippen molar-refractivity contribution in [3.05, 3.63) is 22.7 Å². The Morgan fingerprint density at radius 3 is 2.56 bits per heavy atom. The molecule has 0 radical (unpaired) electrons. The monoisotopic (exact) mass is 243 g/mol.